The van der Waals surface area contributed by atoms with E-state index in [1.807, 2.05) is 56.3 Å². The minimum Gasteiger partial charge on any atom is -0.490 e. The maximum atomic E-state index is 12.5. The normalized spacial score (nSPS) is 13.4. The second kappa shape index (κ2) is 9.02. The number of aromatic nitrogens is 1. The summed E-state index contributed by atoms with van der Waals surface area (Å²) in [6.45, 7) is 6.11. The third kappa shape index (κ3) is 5.18. The molecule has 2 rings (SSSR count). The standard InChI is InChI=1S/C21H26N2O2/c1-5-16(2)25-20-11-7-6-9-18(20)12-13-21(24)23(4)17(3)19-10-8-14-22-15-19/h6-17H,5H2,1-4H3. The van der Waals surface area contributed by atoms with Gasteiger partial charge in [0.1, 0.15) is 5.75 Å². The molecule has 2 unspecified atom stereocenters. The quantitative estimate of drug-likeness (QED) is 0.699. The molecule has 0 saturated carbocycles. The second-order valence-electron chi connectivity index (χ2n) is 6.12. The summed E-state index contributed by atoms with van der Waals surface area (Å²) in [5, 5.41) is 0. The van der Waals surface area contributed by atoms with Crippen molar-refractivity contribution in [1.29, 1.82) is 0 Å². The van der Waals surface area contributed by atoms with Gasteiger partial charge in [0.2, 0.25) is 5.91 Å². The first-order valence-electron chi connectivity index (χ1n) is 8.63. The number of nitrogens with zero attached hydrogens (tertiary/aromatic N) is 2. The van der Waals surface area contributed by atoms with Crippen molar-refractivity contribution in [1.82, 2.24) is 9.88 Å². The van der Waals surface area contributed by atoms with Gasteiger partial charge in [-0.2, -0.15) is 0 Å². The molecule has 1 heterocycles. The van der Waals surface area contributed by atoms with Crippen molar-refractivity contribution >= 4 is 12.0 Å². The molecule has 0 radical (unpaired) electrons. The number of rotatable bonds is 7. The number of hydrogen-bond donors (Lipinski definition) is 0. The summed E-state index contributed by atoms with van der Waals surface area (Å²) in [5.41, 5.74) is 1.91. The third-order valence-electron chi connectivity index (χ3n) is 4.32. The van der Waals surface area contributed by atoms with Crippen molar-refractivity contribution in [2.45, 2.75) is 39.3 Å². The molecule has 0 fully saturated rings. The SMILES string of the molecule is CCC(C)Oc1ccccc1C=CC(=O)N(C)C(C)c1cccnc1. The second-order valence-corrected chi connectivity index (χ2v) is 6.12. The summed E-state index contributed by atoms with van der Waals surface area (Å²) in [6, 6.07) is 11.6. The summed E-state index contributed by atoms with van der Waals surface area (Å²) in [4.78, 5) is 18.3. The molecule has 2 atom stereocenters. The van der Waals surface area contributed by atoms with Crippen LogP contribution in [0.15, 0.2) is 54.9 Å². The lowest BCUT2D eigenvalue weighted by atomic mass is 10.1. The molecule has 0 saturated heterocycles. The van der Waals surface area contributed by atoms with Gasteiger partial charge in [-0.05, 0) is 44.0 Å². The van der Waals surface area contributed by atoms with Crippen LogP contribution in [-0.4, -0.2) is 28.9 Å². The van der Waals surface area contributed by atoms with Gasteiger partial charge in [-0.25, -0.2) is 0 Å². The van der Waals surface area contributed by atoms with Gasteiger partial charge in [-0.3, -0.25) is 9.78 Å². The van der Waals surface area contributed by atoms with Crippen LogP contribution in [0.1, 0.15) is 44.4 Å². The topological polar surface area (TPSA) is 42.4 Å². The number of pyridine rings is 1. The Labute approximate surface area is 150 Å². The van der Waals surface area contributed by atoms with Gasteiger partial charge < -0.3 is 9.64 Å². The molecule has 1 aromatic heterocycles. The van der Waals surface area contributed by atoms with Gasteiger partial charge in [0.15, 0.2) is 0 Å². The number of ether oxygens (including phenoxy) is 1. The molecule has 0 N–H and O–H groups in total. The predicted molar refractivity (Wildman–Crippen MR) is 101 cm³/mol. The molecule has 4 nitrogen and oxygen atoms in total. The number of hydrogen-bond acceptors (Lipinski definition) is 3. The fourth-order valence-electron chi connectivity index (χ4n) is 2.34. The first-order valence-corrected chi connectivity index (χ1v) is 8.63. The Hall–Kier alpha value is -2.62. The molecular formula is C21H26N2O2. The summed E-state index contributed by atoms with van der Waals surface area (Å²) < 4.78 is 5.92. The molecule has 0 spiro atoms. The average molecular weight is 338 g/mol. The lowest BCUT2D eigenvalue weighted by molar-refractivity contribution is -0.126. The molecule has 4 heteroatoms. The van der Waals surface area contributed by atoms with Gasteiger partial charge in [0, 0.05) is 31.1 Å². The van der Waals surface area contributed by atoms with Crippen LogP contribution in [0, 0.1) is 0 Å². The Morgan fingerprint density at radius 1 is 1.24 bits per heavy atom. The molecule has 2 aromatic rings. The molecule has 0 aliphatic rings. The maximum Gasteiger partial charge on any atom is 0.246 e. The van der Waals surface area contributed by atoms with E-state index in [1.165, 1.54) is 0 Å². The number of carbonyl (C=O) groups is 1. The molecule has 0 aliphatic carbocycles. The largest absolute Gasteiger partial charge is 0.490 e. The zero-order valence-electron chi connectivity index (χ0n) is 15.3. The zero-order chi connectivity index (χ0) is 18.2. The van der Waals surface area contributed by atoms with Crippen molar-refractivity contribution in [3.8, 4) is 5.75 Å². The fraction of sp³-hybridized carbons (Fsp3) is 0.333. The first kappa shape index (κ1) is 18.7. The lowest BCUT2D eigenvalue weighted by Crippen LogP contribution is -2.28. The first-order chi connectivity index (χ1) is 12.0. The molecule has 132 valence electrons. The molecular weight excluding hydrogens is 312 g/mol. The number of benzene rings is 1. The fourth-order valence-corrected chi connectivity index (χ4v) is 2.34. The van der Waals surface area contributed by atoms with Crippen LogP contribution in [0.2, 0.25) is 0 Å². The van der Waals surface area contributed by atoms with Gasteiger partial charge in [-0.15, -0.1) is 0 Å². The molecule has 25 heavy (non-hydrogen) atoms. The van der Waals surface area contributed by atoms with E-state index < -0.39 is 0 Å². The minimum absolute atomic E-state index is 0.0440. The maximum absolute atomic E-state index is 12.5. The number of para-hydroxylation sites is 1. The Kier molecular flexibility index (Phi) is 6.75. The highest BCUT2D eigenvalue weighted by Crippen LogP contribution is 2.22. The Morgan fingerprint density at radius 2 is 2.00 bits per heavy atom. The van der Waals surface area contributed by atoms with Crippen molar-refractivity contribution in [2.24, 2.45) is 0 Å². The molecule has 0 aliphatic heterocycles. The van der Waals surface area contributed by atoms with Crippen LogP contribution < -0.4 is 4.74 Å². The monoisotopic (exact) mass is 338 g/mol. The third-order valence-corrected chi connectivity index (χ3v) is 4.32. The van der Waals surface area contributed by atoms with Gasteiger partial charge in [0.05, 0.1) is 12.1 Å². The van der Waals surface area contributed by atoms with E-state index in [0.717, 1.165) is 23.3 Å². The van der Waals surface area contributed by atoms with Crippen LogP contribution in [0.3, 0.4) is 0 Å². The Bertz CT molecular complexity index is 713. The smallest absolute Gasteiger partial charge is 0.246 e. The van der Waals surface area contributed by atoms with E-state index in [0.29, 0.717) is 0 Å². The van der Waals surface area contributed by atoms with E-state index >= 15 is 0 Å². The lowest BCUT2D eigenvalue weighted by Gasteiger charge is -2.23. The van der Waals surface area contributed by atoms with E-state index in [9.17, 15) is 4.79 Å². The summed E-state index contributed by atoms with van der Waals surface area (Å²) in [5.74, 6) is 0.735. The summed E-state index contributed by atoms with van der Waals surface area (Å²) >= 11 is 0. The van der Waals surface area contributed by atoms with Gasteiger partial charge in [0.25, 0.3) is 0 Å². The van der Waals surface area contributed by atoms with Crippen LogP contribution in [0.5, 0.6) is 5.75 Å². The highest BCUT2D eigenvalue weighted by atomic mass is 16.5. The highest BCUT2D eigenvalue weighted by molar-refractivity contribution is 5.92. The Balaban J connectivity index is 2.09. The van der Waals surface area contributed by atoms with Gasteiger partial charge in [-0.1, -0.05) is 31.2 Å². The Morgan fingerprint density at radius 3 is 2.68 bits per heavy atom. The van der Waals surface area contributed by atoms with Crippen LogP contribution in [0.4, 0.5) is 0 Å². The number of amides is 1. The van der Waals surface area contributed by atoms with Crippen molar-refractivity contribution in [3.63, 3.8) is 0 Å². The van der Waals surface area contributed by atoms with Crippen LogP contribution >= 0.6 is 0 Å². The van der Waals surface area contributed by atoms with E-state index in [1.54, 1.807) is 30.4 Å². The molecule has 1 aromatic carbocycles. The van der Waals surface area contributed by atoms with E-state index in [4.69, 9.17) is 4.74 Å². The summed E-state index contributed by atoms with van der Waals surface area (Å²) in [6.07, 6.45) is 7.98. The van der Waals surface area contributed by atoms with Crippen molar-refractivity contribution < 1.29 is 9.53 Å². The molecule has 1 amide bonds. The highest BCUT2D eigenvalue weighted by Gasteiger charge is 2.15. The number of likely N-dealkylation sites (N-methyl/N-ethyl adjacent to an activating group) is 1. The van der Waals surface area contributed by atoms with Crippen molar-refractivity contribution in [2.75, 3.05) is 7.05 Å². The zero-order valence-corrected chi connectivity index (χ0v) is 15.3. The summed E-state index contributed by atoms with van der Waals surface area (Å²) in [7, 11) is 1.80. The van der Waals surface area contributed by atoms with Crippen molar-refractivity contribution in [3.05, 3.63) is 66.0 Å². The predicted octanol–water partition coefficient (Wildman–Crippen LogP) is 4.49. The van der Waals surface area contributed by atoms with E-state index in [2.05, 4.69) is 11.9 Å². The van der Waals surface area contributed by atoms with Crippen LogP contribution in [-0.2, 0) is 4.79 Å². The van der Waals surface area contributed by atoms with Gasteiger partial charge >= 0.3 is 0 Å². The molecule has 0 bridgehead atoms. The number of carbonyl (C=O) groups excluding carboxylic acids is 1. The minimum atomic E-state index is -0.0605. The van der Waals surface area contributed by atoms with E-state index in [-0.39, 0.29) is 18.1 Å². The van der Waals surface area contributed by atoms with Crippen LogP contribution in [0.25, 0.3) is 6.08 Å². The average Bonchev–Trinajstić information content (AvgIpc) is 2.66.